The van der Waals surface area contributed by atoms with Crippen LogP contribution in [0.25, 0.3) is 0 Å². The number of piperidine rings is 1. The summed E-state index contributed by atoms with van der Waals surface area (Å²) in [4.78, 5) is 15.2. The minimum atomic E-state index is -3.63. The van der Waals surface area contributed by atoms with Crippen molar-refractivity contribution in [1.29, 1.82) is 0 Å². The highest BCUT2D eigenvalue weighted by Gasteiger charge is 2.29. The van der Waals surface area contributed by atoms with Gasteiger partial charge in [0, 0.05) is 25.3 Å². The third-order valence-corrected chi connectivity index (χ3v) is 6.92. The van der Waals surface area contributed by atoms with Gasteiger partial charge in [0.25, 0.3) is 0 Å². The van der Waals surface area contributed by atoms with Crippen LogP contribution in [0.2, 0.25) is 0 Å². The number of hydrogen-bond donors (Lipinski definition) is 1. The highest BCUT2D eigenvalue weighted by Crippen LogP contribution is 2.24. The summed E-state index contributed by atoms with van der Waals surface area (Å²) in [6, 6.07) is 12.9. The van der Waals surface area contributed by atoms with Gasteiger partial charge in [-0.3, -0.25) is 9.10 Å². The minimum absolute atomic E-state index is 0.329. The zero-order chi connectivity index (χ0) is 22.6. The van der Waals surface area contributed by atoms with Gasteiger partial charge in [0.2, 0.25) is 15.9 Å². The number of sulfonamides is 1. The lowest BCUT2D eigenvalue weighted by Gasteiger charge is -2.29. The Hall–Kier alpha value is -2.54. The van der Waals surface area contributed by atoms with Crippen LogP contribution < -0.4 is 14.5 Å². The lowest BCUT2D eigenvalue weighted by atomic mass is 10.1. The molecule has 1 fully saturated rings. The number of anilines is 2. The highest BCUT2D eigenvalue weighted by atomic mass is 32.2. The van der Waals surface area contributed by atoms with Gasteiger partial charge < -0.3 is 10.2 Å². The van der Waals surface area contributed by atoms with E-state index < -0.39 is 16.1 Å². The number of nitrogens with one attached hydrogen (secondary N) is 1. The average Bonchev–Trinajstić information content (AvgIpc) is 2.71. The van der Waals surface area contributed by atoms with Crippen molar-refractivity contribution in [3.05, 3.63) is 59.2 Å². The number of rotatable bonds is 7. The second kappa shape index (κ2) is 9.73. The Labute approximate surface area is 186 Å². The number of carbonyl (C=O) groups is 1. The number of hydrogen-bond acceptors (Lipinski definition) is 4. The van der Waals surface area contributed by atoms with Crippen molar-refractivity contribution in [3.8, 4) is 0 Å². The number of amides is 1. The van der Waals surface area contributed by atoms with Crippen LogP contribution in [0.15, 0.2) is 42.5 Å². The van der Waals surface area contributed by atoms with Gasteiger partial charge in [-0.25, -0.2) is 8.42 Å². The molecule has 6 nitrogen and oxygen atoms in total. The average molecular weight is 444 g/mol. The SMILES string of the molecule is Cc1cc(C)cc(N([C@H](C)C(=O)NCc2ccc(N3CCCCC3)cc2)S(C)(=O)=O)c1. The molecule has 1 heterocycles. The third kappa shape index (κ3) is 6.00. The maximum Gasteiger partial charge on any atom is 0.243 e. The topological polar surface area (TPSA) is 69.7 Å². The Bertz CT molecular complexity index is 993. The molecule has 0 radical (unpaired) electrons. The van der Waals surface area contributed by atoms with Crippen molar-refractivity contribution in [2.24, 2.45) is 0 Å². The minimum Gasteiger partial charge on any atom is -0.372 e. The van der Waals surface area contributed by atoms with Crippen molar-refractivity contribution >= 4 is 27.3 Å². The van der Waals surface area contributed by atoms with E-state index >= 15 is 0 Å². The Morgan fingerprint density at radius 2 is 1.61 bits per heavy atom. The van der Waals surface area contributed by atoms with Crippen molar-refractivity contribution in [3.63, 3.8) is 0 Å². The van der Waals surface area contributed by atoms with Crippen LogP contribution in [0.3, 0.4) is 0 Å². The number of benzene rings is 2. The molecule has 2 aromatic carbocycles. The Morgan fingerprint density at radius 1 is 1.03 bits per heavy atom. The van der Waals surface area contributed by atoms with Crippen molar-refractivity contribution in [2.75, 3.05) is 28.6 Å². The normalized spacial score (nSPS) is 15.4. The van der Waals surface area contributed by atoms with Crippen LogP contribution in [-0.2, 0) is 21.4 Å². The van der Waals surface area contributed by atoms with E-state index in [1.807, 2.05) is 32.0 Å². The van der Waals surface area contributed by atoms with Gasteiger partial charge in [-0.05, 0) is 81.0 Å². The standard InChI is InChI=1S/C24H33N3O3S/c1-18-14-19(2)16-23(15-18)27(31(4,29)30)20(3)24(28)25-17-21-8-10-22(11-9-21)26-12-6-5-7-13-26/h8-11,14-16,20H,5-7,12-13,17H2,1-4H3,(H,25,28)/t20-/m1/s1. The molecule has 7 heteroatoms. The van der Waals surface area contributed by atoms with Crippen LogP contribution in [0, 0.1) is 13.8 Å². The molecule has 1 atom stereocenters. The van der Waals surface area contributed by atoms with Crippen molar-refractivity contribution in [1.82, 2.24) is 5.32 Å². The first-order valence-electron chi connectivity index (χ1n) is 10.8. The van der Waals surface area contributed by atoms with Crippen molar-refractivity contribution in [2.45, 2.75) is 52.6 Å². The zero-order valence-corrected chi connectivity index (χ0v) is 19.7. The molecule has 3 rings (SSSR count). The highest BCUT2D eigenvalue weighted by molar-refractivity contribution is 7.92. The zero-order valence-electron chi connectivity index (χ0n) is 18.9. The van der Waals surface area contributed by atoms with Crippen LogP contribution in [0.4, 0.5) is 11.4 Å². The molecule has 0 saturated carbocycles. The first-order chi connectivity index (χ1) is 14.6. The summed E-state index contributed by atoms with van der Waals surface area (Å²) in [6.07, 6.45) is 4.89. The van der Waals surface area contributed by atoms with Gasteiger partial charge in [-0.1, -0.05) is 18.2 Å². The van der Waals surface area contributed by atoms with Gasteiger partial charge in [0.15, 0.2) is 0 Å². The summed E-state index contributed by atoms with van der Waals surface area (Å²) in [5.74, 6) is -0.329. The first-order valence-corrected chi connectivity index (χ1v) is 12.7. The predicted molar refractivity (Wildman–Crippen MR) is 127 cm³/mol. The molecule has 168 valence electrons. The van der Waals surface area contributed by atoms with E-state index in [4.69, 9.17) is 0 Å². The van der Waals surface area contributed by atoms with Gasteiger partial charge in [0.1, 0.15) is 6.04 Å². The molecule has 1 amide bonds. The van der Waals surface area contributed by atoms with E-state index in [1.54, 1.807) is 19.1 Å². The van der Waals surface area contributed by atoms with Gasteiger partial charge in [0.05, 0.1) is 11.9 Å². The number of nitrogens with zero attached hydrogens (tertiary/aromatic N) is 2. The molecule has 0 bridgehead atoms. The maximum atomic E-state index is 12.8. The van der Waals surface area contributed by atoms with Crippen LogP contribution in [0.1, 0.15) is 42.9 Å². The molecule has 2 aromatic rings. The third-order valence-electron chi connectivity index (χ3n) is 5.67. The lowest BCUT2D eigenvalue weighted by Crippen LogP contribution is -2.47. The van der Waals surface area contributed by atoms with Gasteiger partial charge in [-0.15, -0.1) is 0 Å². The number of aryl methyl sites for hydroxylation is 2. The van der Waals surface area contributed by atoms with E-state index in [1.165, 1.54) is 29.3 Å². The quantitative estimate of drug-likeness (QED) is 0.707. The first kappa shape index (κ1) is 23.1. The molecular formula is C24H33N3O3S. The maximum absolute atomic E-state index is 12.8. The van der Waals surface area contributed by atoms with E-state index in [0.717, 1.165) is 36.0 Å². The number of carbonyl (C=O) groups excluding carboxylic acids is 1. The lowest BCUT2D eigenvalue weighted by molar-refractivity contribution is -0.122. The molecule has 0 unspecified atom stereocenters. The molecule has 1 N–H and O–H groups in total. The van der Waals surface area contributed by atoms with Crippen molar-refractivity contribution < 1.29 is 13.2 Å². The fourth-order valence-electron chi connectivity index (χ4n) is 4.20. The van der Waals surface area contributed by atoms with Crippen LogP contribution in [0.5, 0.6) is 0 Å². The molecule has 31 heavy (non-hydrogen) atoms. The monoisotopic (exact) mass is 443 g/mol. The van der Waals surface area contributed by atoms with E-state index in [0.29, 0.717) is 12.2 Å². The Kier molecular flexibility index (Phi) is 7.26. The van der Waals surface area contributed by atoms with Crippen LogP contribution >= 0.6 is 0 Å². The summed E-state index contributed by atoms with van der Waals surface area (Å²) in [7, 11) is -3.63. The largest absolute Gasteiger partial charge is 0.372 e. The molecule has 1 aliphatic rings. The predicted octanol–water partition coefficient (Wildman–Crippen LogP) is 3.76. The summed E-state index contributed by atoms with van der Waals surface area (Å²) in [5, 5.41) is 2.89. The fraction of sp³-hybridized carbons (Fsp3) is 0.458. The summed E-state index contributed by atoms with van der Waals surface area (Å²) < 4.78 is 26.2. The molecule has 0 aromatic heterocycles. The second-order valence-electron chi connectivity index (χ2n) is 8.51. The molecular weight excluding hydrogens is 410 g/mol. The second-order valence-corrected chi connectivity index (χ2v) is 10.4. The van der Waals surface area contributed by atoms with Gasteiger partial charge >= 0.3 is 0 Å². The van der Waals surface area contributed by atoms with Gasteiger partial charge in [-0.2, -0.15) is 0 Å². The Balaban J connectivity index is 1.68. The smallest absolute Gasteiger partial charge is 0.243 e. The Morgan fingerprint density at radius 3 is 2.16 bits per heavy atom. The van der Waals surface area contributed by atoms with E-state index in [-0.39, 0.29) is 5.91 Å². The fourth-order valence-corrected chi connectivity index (χ4v) is 5.36. The molecule has 1 aliphatic heterocycles. The summed E-state index contributed by atoms with van der Waals surface area (Å²) >= 11 is 0. The van der Waals surface area contributed by atoms with E-state index in [2.05, 4.69) is 22.3 Å². The molecule has 1 saturated heterocycles. The van der Waals surface area contributed by atoms with E-state index in [9.17, 15) is 13.2 Å². The van der Waals surface area contributed by atoms with Crippen LogP contribution in [-0.4, -0.2) is 39.7 Å². The molecule has 0 aliphatic carbocycles. The molecule has 0 spiro atoms. The summed E-state index contributed by atoms with van der Waals surface area (Å²) in [5.41, 5.74) is 4.60. The summed E-state index contributed by atoms with van der Waals surface area (Å²) in [6.45, 7) is 7.98.